The summed E-state index contributed by atoms with van der Waals surface area (Å²) >= 11 is 1.54. The summed E-state index contributed by atoms with van der Waals surface area (Å²) in [6.45, 7) is 12.9. The van der Waals surface area contributed by atoms with Gasteiger partial charge in [-0.2, -0.15) is 5.10 Å². The Hall–Kier alpha value is -4.54. The molecular weight excluding hydrogens is 767 g/mol. The van der Waals surface area contributed by atoms with Crippen LogP contribution in [0, 0.1) is 30.1 Å². The van der Waals surface area contributed by atoms with E-state index in [0.29, 0.717) is 42.5 Å². The van der Waals surface area contributed by atoms with Gasteiger partial charge in [0.05, 0.1) is 28.6 Å². The molecule has 2 unspecified atom stereocenters. The van der Waals surface area contributed by atoms with Crippen LogP contribution in [0.15, 0.2) is 48.7 Å². The quantitative estimate of drug-likeness (QED) is 0.0690. The minimum atomic E-state index is -1.12. The fourth-order valence-corrected chi connectivity index (χ4v) is 12.4. The maximum absolute atomic E-state index is 12.8. The van der Waals surface area contributed by atoms with Gasteiger partial charge in [-0.15, -0.1) is 10.2 Å². The molecule has 4 bridgehead atoms. The van der Waals surface area contributed by atoms with Crippen molar-refractivity contribution >= 4 is 50.1 Å². The van der Waals surface area contributed by atoms with Gasteiger partial charge in [0.1, 0.15) is 5.82 Å². The van der Waals surface area contributed by atoms with E-state index < -0.39 is 5.97 Å². The number of carbonyl (C=O) groups is 1. The molecule has 1 aromatic carbocycles. The number of carboxylic acid groups (broad SMARTS) is 1. The van der Waals surface area contributed by atoms with Crippen LogP contribution in [0.2, 0.25) is 0 Å². The van der Waals surface area contributed by atoms with Crippen molar-refractivity contribution in [1.29, 1.82) is 0 Å². The van der Waals surface area contributed by atoms with Crippen LogP contribution in [-0.4, -0.2) is 108 Å². The number of ether oxygens (including phenoxy) is 1. The van der Waals surface area contributed by atoms with Gasteiger partial charge in [-0.05, 0) is 117 Å². The van der Waals surface area contributed by atoms with Gasteiger partial charge in [-0.25, -0.2) is 14.8 Å². The number of aromatic nitrogens is 6. The van der Waals surface area contributed by atoms with Crippen LogP contribution in [0.25, 0.3) is 21.3 Å². The second kappa shape index (κ2) is 16.1. The van der Waals surface area contributed by atoms with Gasteiger partial charge < -0.3 is 35.2 Å². The number of fused-ring (bicyclic) bond motifs is 1. The second-order valence-electron chi connectivity index (χ2n) is 18.3. The number of nitrogens with one attached hydrogen (secondary N) is 1. The Balaban J connectivity index is 0.993. The number of para-hydroxylation sites is 1. The smallest absolute Gasteiger partial charge is 0.355 e. The van der Waals surface area contributed by atoms with Crippen LogP contribution in [0.5, 0.6) is 0 Å². The zero-order chi connectivity index (χ0) is 41.6. The van der Waals surface area contributed by atoms with Crippen LogP contribution in [-0.2, 0) is 11.3 Å². The molecule has 314 valence electrons. The molecule has 9 rings (SSSR count). The summed E-state index contributed by atoms with van der Waals surface area (Å²) in [5, 5.41) is 47.2. The van der Waals surface area contributed by atoms with Crippen LogP contribution in [0.4, 0.5) is 22.6 Å². The average Bonchev–Trinajstić information content (AvgIpc) is 3.76. The van der Waals surface area contributed by atoms with Crippen molar-refractivity contribution in [3.8, 4) is 11.1 Å². The van der Waals surface area contributed by atoms with Gasteiger partial charge in [0, 0.05) is 63.3 Å². The number of nitrogens with zero attached hydrogens (tertiary/aromatic N) is 8. The molecule has 2 atom stereocenters. The lowest BCUT2D eigenvalue weighted by atomic mass is 9.39. The molecule has 0 radical (unpaired) electrons. The number of aryl methyl sites for hydroxylation is 1. The molecule has 5 aromatic rings. The summed E-state index contributed by atoms with van der Waals surface area (Å²) in [5.74, 6) is 0.433. The third-order valence-electron chi connectivity index (χ3n) is 12.9. The molecular formula is C44H57N9O5S. The van der Waals surface area contributed by atoms with Crippen LogP contribution in [0.3, 0.4) is 0 Å². The molecule has 15 heteroatoms. The van der Waals surface area contributed by atoms with Crippen molar-refractivity contribution in [3.05, 3.63) is 65.6 Å². The number of benzene rings is 1. The first-order chi connectivity index (χ1) is 28.2. The van der Waals surface area contributed by atoms with E-state index in [2.05, 4.69) is 48.9 Å². The highest BCUT2D eigenvalue weighted by Gasteiger charge is 2.66. The fourth-order valence-electron chi connectivity index (χ4n) is 11.6. The Kier molecular flexibility index (Phi) is 11.3. The van der Waals surface area contributed by atoms with Crippen molar-refractivity contribution in [3.63, 3.8) is 0 Å². The van der Waals surface area contributed by atoms with E-state index in [1.807, 2.05) is 56.3 Å². The highest BCUT2D eigenvalue weighted by atomic mass is 32.1. The molecule has 0 aliphatic heterocycles. The number of pyridine rings is 1. The number of aromatic carboxylic acids is 1. The lowest BCUT2D eigenvalue weighted by Crippen LogP contribution is -2.64. The molecule has 0 spiro atoms. The Morgan fingerprint density at radius 2 is 1.63 bits per heavy atom. The lowest BCUT2D eigenvalue weighted by molar-refractivity contribution is -0.248. The number of hydrogen-bond donors (Lipinski definition) is 4. The molecule has 4 saturated carbocycles. The van der Waals surface area contributed by atoms with Gasteiger partial charge in [-0.3, -0.25) is 4.68 Å². The van der Waals surface area contributed by atoms with Crippen molar-refractivity contribution < 1.29 is 24.9 Å². The fraction of sp³-hybridized carbons (Fsp3) is 0.545. The number of aliphatic hydroxyl groups excluding tert-OH is 2. The van der Waals surface area contributed by atoms with Crippen LogP contribution in [0.1, 0.15) is 87.0 Å². The van der Waals surface area contributed by atoms with E-state index in [1.54, 1.807) is 29.5 Å². The number of hydrogen-bond acceptors (Lipinski definition) is 13. The minimum absolute atomic E-state index is 0.00116. The molecule has 4 aliphatic carbocycles. The van der Waals surface area contributed by atoms with Crippen molar-refractivity contribution in [2.45, 2.75) is 91.2 Å². The van der Waals surface area contributed by atoms with Crippen molar-refractivity contribution in [2.75, 3.05) is 56.7 Å². The van der Waals surface area contributed by atoms with E-state index in [0.717, 1.165) is 90.5 Å². The predicted octanol–water partition coefficient (Wildman–Crippen LogP) is 7.37. The largest absolute Gasteiger partial charge is 0.476 e. The normalized spacial score (nSPS) is 24.7. The van der Waals surface area contributed by atoms with E-state index in [9.17, 15) is 20.1 Å². The molecule has 0 amide bonds. The Labute approximate surface area is 349 Å². The van der Waals surface area contributed by atoms with Gasteiger partial charge >= 0.3 is 5.97 Å². The molecule has 14 nitrogen and oxygen atoms in total. The van der Waals surface area contributed by atoms with Gasteiger partial charge in [0.15, 0.2) is 22.5 Å². The monoisotopic (exact) mass is 823 g/mol. The summed E-state index contributed by atoms with van der Waals surface area (Å²) in [6.07, 6.45) is 9.70. The zero-order valence-electron chi connectivity index (χ0n) is 34.9. The Morgan fingerprint density at radius 1 is 0.898 bits per heavy atom. The maximum Gasteiger partial charge on any atom is 0.355 e. The summed E-state index contributed by atoms with van der Waals surface area (Å²) in [7, 11) is 1.80. The Bertz CT molecular complexity index is 2270. The molecule has 0 saturated heterocycles. The first-order valence-electron chi connectivity index (χ1n) is 20.8. The van der Waals surface area contributed by atoms with Crippen molar-refractivity contribution in [1.82, 2.24) is 34.8 Å². The van der Waals surface area contributed by atoms with Crippen LogP contribution >= 0.6 is 11.3 Å². The number of aliphatic hydroxyl groups is 2. The molecule has 4 aromatic heterocycles. The SMILES string of the molecule is Cc1cc(N(C)c2ccc(-c3cnn(CC45CC6(C)CC(C)(C4)CC(OCCN(CCCO)CCCO)(C6)C5)c3C)c(C(=O)O)n2)nnc1Nc1nc2ccccc2s1. The molecule has 4 fully saturated rings. The second-order valence-corrected chi connectivity index (χ2v) is 19.3. The number of carboxylic acids is 1. The average molecular weight is 824 g/mol. The Morgan fingerprint density at radius 3 is 2.31 bits per heavy atom. The maximum atomic E-state index is 12.8. The van der Waals surface area contributed by atoms with Crippen molar-refractivity contribution in [2.24, 2.45) is 16.2 Å². The lowest BCUT2D eigenvalue weighted by Gasteiger charge is -2.69. The highest BCUT2D eigenvalue weighted by molar-refractivity contribution is 7.22. The van der Waals surface area contributed by atoms with Crippen LogP contribution < -0.4 is 10.2 Å². The first-order valence-corrected chi connectivity index (χ1v) is 21.6. The summed E-state index contributed by atoms with van der Waals surface area (Å²) in [6, 6.07) is 13.5. The number of anilines is 4. The number of thiazole rings is 1. The van der Waals surface area contributed by atoms with E-state index in [1.165, 1.54) is 6.42 Å². The van der Waals surface area contributed by atoms with Gasteiger partial charge in [-0.1, -0.05) is 37.3 Å². The predicted molar refractivity (Wildman–Crippen MR) is 230 cm³/mol. The highest BCUT2D eigenvalue weighted by Crippen LogP contribution is 2.72. The van der Waals surface area contributed by atoms with E-state index in [4.69, 9.17) is 9.84 Å². The number of rotatable bonds is 18. The third-order valence-corrected chi connectivity index (χ3v) is 13.8. The zero-order valence-corrected chi connectivity index (χ0v) is 35.7. The van der Waals surface area contributed by atoms with E-state index in [-0.39, 0.29) is 40.8 Å². The molecule has 4 heterocycles. The molecule has 59 heavy (non-hydrogen) atoms. The first kappa shape index (κ1) is 41.2. The topological polar surface area (TPSA) is 175 Å². The molecule has 4 aliphatic rings. The minimum Gasteiger partial charge on any atom is -0.476 e. The standard InChI is InChI=1S/C44H57N9O5S/c1-29-20-36(49-50-38(29)48-40-46-33-10-6-7-11-34(33)59-40)51(5)35-13-12-31(37(47-35)39(56)57)32-21-45-53(30(32)2)28-43-23-41(3)22-42(4,24-43)26-44(25-41,27-43)58-19-16-52(14-8-17-54)15-9-18-55/h6-7,10-13,20-21,54-55H,8-9,14-19,22-28H2,1-5H3,(H,56,57)(H,46,48,50). The third kappa shape index (κ3) is 8.45. The van der Waals surface area contributed by atoms with E-state index >= 15 is 0 Å². The summed E-state index contributed by atoms with van der Waals surface area (Å²) in [5.41, 5.74) is 4.03. The summed E-state index contributed by atoms with van der Waals surface area (Å²) in [4.78, 5) is 26.1. The van der Waals surface area contributed by atoms with Gasteiger partial charge in [0.2, 0.25) is 0 Å². The van der Waals surface area contributed by atoms with Gasteiger partial charge in [0.25, 0.3) is 0 Å². The molecule has 4 N–H and O–H groups in total. The summed E-state index contributed by atoms with van der Waals surface area (Å²) < 4.78 is 10.2.